The predicted molar refractivity (Wildman–Crippen MR) is 78.5 cm³/mol. The van der Waals surface area contributed by atoms with E-state index >= 15 is 0 Å². The number of hydrogen-bond donors (Lipinski definition) is 1. The Morgan fingerprint density at radius 2 is 2.00 bits per heavy atom. The molecular weight excluding hydrogens is 282 g/mol. The summed E-state index contributed by atoms with van der Waals surface area (Å²) in [6.07, 6.45) is 0.917. The molecule has 1 N–H and O–H groups in total. The lowest BCUT2D eigenvalue weighted by Gasteiger charge is -2.19. The molecule has 1 aliphatic heterocycles. The van der Waals surface area contributed by atoms with Gasteiger partial charge in [0, 0.05) is 18.8 Å². The Labute approximate surface area is 118 Å². The summed E-state index contributed by atoms with van der Waals surface area (Å²) in [6.45, 7) is 1.16. The lowest BCUT2D eigenvalue weighted by Crippen LogP contribution is -2.33. The van der Waals surface area contributed by atoms with Crippen molar-refractivity contribution in [2.75, 3.05) is 24.6 Å². The summed E-state index contributed by atoms with van der Waals surface area (Å²) in [5.41, 5.74) is 1.49. The van der Waals surface area contributed by atoms with Crippen LogP contribution in [0.2, 0.25) is 0 Å². The van der Waals surface area contributed by atoms with Gasteiger partial charge in [-0.05, 0) is 23.3 Å². The zero-order valence-corrected chi connectivity index (χ0v) is 12.4. The number of thioether (sulfide) groups is 1. The summed E-state index contributed by atoms with van der Waals surface area (Å²) in [6, 6.07) is 7.13. The molecule has 0 saturated carbocycles. The number of rotatable bonds is 4. The zero-order chi connectivity index (χ0) is 13.7. The van der Waals surface area contributed by atoms with Crippen molar-refractivity contribution in [1.29, 1.82) is 0 Å². The van der Waals surface area contributed by atoms with Crippen molar-refractivity contribution in [3.63, 3.8) is 0 Å². The fourth-order valence-electron chi connectivity index (χ4n) is 2.12. The Bertz CT molecular complexity index is 508. The largest absolute Gasteiger partial charge is 0.392 e. The summed E-state index contributed by atoms with van der Waals surface area (Å²) < 4.78 is 26.3. The highest BCUT2D eigenvalue weighted by Crippen LogP contribution is 2.17. The number of hydrogen-bond acceptors (Lipinski definition) is 4. The van der Waals surface area contributed by atoms with Gasteiger partial charge in [-0.1, -0.05) is 24.3 Å². The number of nitrogens with zero attached hydrogens (tertiary/aromatic N) is 1. The number of aliphatic hydroxyl groups excluding tert-OH is 1. The van der Waals surface area contributed by atoms with Gasteiger partial charge in [-0.25, -0.2) is 12.7 Å². The Morgan fingerprint density at radius 3 is 2.79 bits per heavy atom. The maximum atomic E-state index is 12.4. The third-order valence-electron chi connectivity index (χ3n) is 3.10. The van der Waals surface area contributed by atoms with E-state index in [0.717, 1.165) is 29.1 Å². The van der Waals surface area contributed by atoms with Crippen LogP contribution >= 0.6 is 11.8 Å². The van der Waals surface area contributed by atoms with Crippen molar-refractivity contribution in [3.05, 3.63) is 35.4 Å². The first kappa shape index (κ1) is 14.8. The van der Waals surface area contributed by atoms with Gasteiger partial charge in [-0.2, -0.15) is 11.8 Å². The third-order valence-corrected chi connectivity index (χ3v) is 6.00. The van der Waals surface area contributed by atoms with Gasteiger partial charge in [-0.15, -0.1) is 0 Å². The molecule has 0 radical (unpaired) electrons. The maximum absolute atomic E-state index is 12.4. The normalized spacial score (nSPS) is 18.2. The van der Waals surface area contributed by atoms with Crippen LogP contribution in [0.1, 0.15) is 17.5 Å². The molecule has 6 heteroatoms. The molecule has 0 unspecified atom stereocenters. The fourth-order valence-corrected chi connectivity index (χ4v) is 4.68. The van der Waals surface area contributed by atoms with Crippen LogP contribution < -0.4 is 0 Å². The van der Waals surface area contributed by atoms with Gasteiger partial charge in [0.05, 0.1) is 12.4 Å². The first-order chi connectivity index (χ1) is 9.12. The highest BCUT2D eigenvalue weighted by atomic mass is 32.2. The van der Waals surface area contributed by atoms with Crippen LogP contribution in [-0.2, 0) is 22.4 Å². The van der Waals surface area contributed by atoms with Crippen LogP contribution in [0.15, 0.2) is 24.3 Å². The van der Waals surface area contributed by atoms with Crippen LogP contribution in [0.4, 0.5) is 0 Å². The monoisotopic (exact) mass is 301 g/mol. The molecule has 0 bridgehead atoms. The minimum atomic E-state index is -3.25. The molecular formula is C13H19NO3S2. The second-order valence-electron chi connectivity index (χ2n) is 4.60. The quantitative estimate of drug-likeness (QED) is 0.914. The summed E-state index contributed by atoms with van der Waals surface area (Å²) in [4.78, 5) is 0. The van der Waals surface area contributed by atoms with E-state index in [1.54, 1.807) is 28.6 Å². The summed E-state index contributed by atoms with van der Waals surface area (Å²) in [7, 11) is -3.25. The molecule has 106 valence electrons. The van der Waals surface area contributed by atoms with E-state index in [1.165, 1.54) is 0 Å². The Hall–Kier alpha value is -0.560. The van der Waals surface area contributed by atoms with E-state index in [2.05, 4.69) is 0 Å². The average Bonchev–Trinajstić information content (AvgIpc) is 2.68. The molecule has 0 aromatic heterocycles. The molecule has 19 heavy (non-hydrogen) atoms. The average molecular weight is 301 g/mol. The molecule has 0 amide bonds. The number of benzene rings is 1. The van der Waals surface area contributed by atoms with Crippen LogP contribution in [-0.4, -0.2) is 42.4 Å². The second kappa shape index (κ2) is 6.74. The van der Waals surface area contributed by atoms with Crippen molar-refractivity contribution in [2.24, 2.45) is 0 Å². The minimum Gasteiger partial charge on any atom is -0.392 e. The van der Waals surface area contributed by atoms with Crippen molar-refractivity contribution < 1.29 is 13.5 Å². The lowest BCUT2D eigenvalue weighted by atomic mass is 10.1. The van der Waals surface area contributed by atoms with E-state index in [-0.39, 0.29) is 12.4 Å². The van der Waals surface area contributed by atoms with E-state index in [0.29, 0.717) is 13.1 Å². The summed E-state index contributed by atoms with van der Waals surface area (Å²) >= 11 is 1.81. The van der Waals surface area contributed by atoms with Crippen LogP contribution in [0.5, 0.6) is 0 Å². The lowest BCUT2D eigenvalue weighted by molar-refractivity contribution is 0.281. The third kappa shape index (κ3) is 4.21. The van der Waals surface area contributed by atoms with E-state index in [9.17, 15) is 8.42 Å². The van der Waals surface area contributed by atoms with Crippen molar-refractivity contribution in [1.82, 2.24) is 4.31 Å². The smallest absolute Gasteiger partial charge is 0.218 e. The summed E-state index contributed by atoms with van der Waals surface area (Å²) in [5, 5.41) is 9.08. The topological polar surface area (TPSA) is 57.6 Å². The molecule has 1 saturated heterocycles. The minimum absolute atomic E-state index is 0.0194. The van der Waals surface area contributed by atoms with E-state index < -0.39 is 10.0 Å². The standard InChI is InChI=1S/C13H19NO3S2/c15-10-12-3-1-4-13(9-12)11-19(16,17)14-5-2-7-18-8-6-14/h1,3-4,9,15H,2,5-8,10-11H2. The van der Waals surface area contributed by atoms with Crippen LogP contribution in [0, 0.1) is 0 Å². The Kier molecular flexibility index (Phi) is 5.27. The first-order valence-corrected chi connectivity index (χ1v) is 9.12. The molecule has 0 spiro atoms. The van der Waals surface area contributed by atoms with Gasteiger partial charge < -0.3 is 5.11 Å². The SMILES string of the molecule is O=S(=O)(Cc1cccc(CO)c1)N1CCCSCC1. The van der Waals surface area contributed by atoms with Gasteiger partial charge in [0.1, 0.15) is 0 Å². The zero-order valence-electron chi connectivity index (χ0n) is 10.8. The Morgan fingerprint density at radius 1 is 1.21 bits per heavy atom. The van der Waals surface area contributed by atoms with E-state index in [1.807, 2.05) is 11.8 Å². The highest BCUT2D eigenvalue weighted by Gasteiger charge is 2.23. The van der Waals surface area contributed by atoms with Gasteiger partial charge in [0.2, 0.25) is 10.0 Å². The van der Waals surface area contributed by atoms with Gasteiger partial charge >= 0.3 is 0 Å². The molecule has 1 heterocycles. The molecule has 0 atom stereocenters. The Balaban J connectivity index is 2.10. The molecule has 0 aliphatic carbocycles. The molecule has 1 aliphatic rings. The van der Waals surface area contributed by atoms with Gasteiger partial charge in [-0.3, -0.25) is 0 Å². The van der Waals surface area contributed by atoms with Crippen LogP contribution in [0.25, 0.3) is 0 Å². The van der Waals surface area contributed by atoms with E-state index in [4.69, 9.17) is 5.11 Å². The molecule has 1 aromatic carbocycles. The van der Waals surface area contributed by atoms with Crippen molar-refractivity contribution >= 4 is 21.8 Å². The highest BCUT2D eigenvalue weighted by molar-refractivity contribution is 7.99. The van der Waals surface area contributed by atoms with Gasteiger partial charge in [0.25, 0.3) is 0 Å². The molecule has 2 rings (SSSR count). The predicted octanol–water partition coefficient (Wildman–Crippen LogP) is 1.45. The molecule has 1 fully saturated rings. The van der Waals surface area contributed by atoms with Gasteiger partial charge in [0.15, 0.2) is 0 Å². The first-order valence-electron chi connectivity index (χ1n) is 6.36. The second-order valence-corrected chi connectivity index (χ2v) is 7.79. The molecule has 4 nitrogen and oxygen atoms in total. The number of aliphatic hydroxyl groups is 1. The summed E-state index contributed by atoms with van der Waals surface area (Å²) in [5.74, 6) is 1.92. The number of sulfonamides is 1. The van der Waals surface area contributed by atoms with Crippen molar-refractivity contribution in [2.45, 2.75) is 18.8 Å². The molecule has 1 aromatic rings. The van der Waals surface area contributed by atoms with Crippen LogP contribution in [0.3, 0.4) is 0 Å². The maximum Gasteiger partial charge on any atom is 0.218 e. The van der Waals surface area contributed by atoms with Crippen molar-refractivity contribution in [3.8, 4) is 0 Å². The fraction of sp³-hybridized carbons (Fsp3) is 0.538.